The van der Waals surface area contributed by atoms with E-state index in [1.165, 1.54) is 0 Å². The second-order valence-corrected chi connectivity index (χ2v) is 9.16. The first-order valence-electron chi connectivity index (χ1n) is 8.70. The van der Waals surface area contributed by atoms with Crippen molar-refractivity contribution in [2.24, 2.45) is 5.92 Å². The molecule has 140 valence electrons. The van der Waals surface area contributed by atoms with E-state index in [2.05, 4.69) is 4.72 Å². The lowest BCUT2D eigenvalue weighted by Crippen LogP contribution is -2.66. The first kappa shape index (κ1) is 17.5. The summed E-state index contributed by atoms with van der Waals surface area (Å²) in [7, 11) is -3.17. The van der Waals surface area contributed by atoms with Crippen molar-refractivity contribution in [1.82, 2.24) is 9.62 Å². The molecule has 1 aromatic heterocycles. The Bertz CT molecular complexity index is 887. The smallest absolute Gasteiger partial charge is 0.289 e. The molecule has 0 radical (unpaired) electrons. The van der Waals surface area contributed by atoms with Crippen LogP contribution in [0.2, 0.25) is 0 Å². The fraction of sp³-hybridized carbons (Fsp3) is 0.500. The molecule has 1 aromatic carbocycles. The molecule has 0 unspecified atom stereocenters. The summed E-state index contributed by atoms with van der Waals surface area (Å²) >= 11 is 0. The number of sulfonamides is 1. The van der Waals surface area contributed by atoms with Gasteiger partial charge in [0.05, 0.1) is 26.0 Å². The number of carbonyl (C=O) groups is 1. The second-order valence-electron chi connectivity index (χ2n) is 7.33. The highest BCUT2D eigenvalue weighted by Crippen LogP contribution is 2.37. The maximum Gasteiger partial charge on any atom is 0.289 e. The average Bonchev–Trinajstić information content (AvgIpc) is 3.01. The molecular formula is C18H22N2O5S. The molecule has 7 nitrogen and oxygen atoms in total. The molecule has 0 saturated carbocycles. The highest BCUT2D eigenvalue weighted by atomic mass is 32.2. The number of rotatable bonds is 4. The number of hydrogen-bond donors (Lipinski definition) is 1. The van der Waals surface area contributed by atoms with Crippen LogP contribution in [0.1, 0.15) is 23.4 Å². The molecule has 2 fully saturated rings. The van der Waals surface area contributed by atoms with Crippen molar-refractivity contribution in [3.05, 3.63) is 36.1 Å². The van der Waals surface area contributed by atoms with Gasteiger partial charge in [0.2, 0.25) is 10.0 Å². The summed E-state index contributed by atoms with van der Waals surface area (Å²) in [5.41, 5.74) is 0.421. The summed E-state index contributed by atoms with van der Waals surface area (Å²) in [6.45, 7) is 2.01. The van der Waals surface area contributed by atoms with Crippen LogP contribution in [0, 0.1) is 5.92 Å². The molecule has 2 aliphatic rings. The van der Waals surface area contributed by atoms with Gasteiger partial charge in [0.25, 0.3) is 5.91 Å². The minimum atomic E-state index is -3.17. The van der Waals surface area contributed by atoms with E-state index in [1.54, 1.807) is 11.0 Å². The fourth-order valence-electron chi connectivity index (χ4n) is 3.63. The van der Waals surface area contributed by atoms with E-state index in [4.69, 9.17) is 9.15 Å². The van der Waals surface area contributed by atoms with Crippen molar-refractivity contribution in [3.8, 4) is 0 Å². The highest BCUT2D eigenvalue weighted by molar-refractivity contribution is 7.88. The van der Waals surface area contributed by atoms with Crippen LogP contribution in [0.3, 0.4) is 0 Å². The van der Waals surface area contributed by atoms with E-state index in [1.807, 2.05) is 24.3 Å². The maximum absolute atomic E-state index is 12.6. The maximum atomic E-state index is 12.6. The van der Waals surface area contributed by atoms with Crippen molar-refractivity contribution in [3.63, 3.8) is 0 Å². The third-order valence-corrected chi connectivity index (χ3v) is 5.84. The lowest BCUT2D eigenvalue weighted by atomic mass is 9.83. The first-order valence-corrected chi connectivity index (χ1v) is 10.6. The average molecular weight is 378 g/mol. The fourth-order valence-corrected chi connectivity index (χ4v) is 4.17. The number of benzene rings is 1. The minimum Gasteiger partial charge on any atom is -0.451 e. The summed E-state index contributed by atoms with van der Waals surface area (Å²) in [5.74, 6) is 0.416. The molecule has 26 heavy (non-hydrogen) atoms. The molecule has 8 heteroatoms. The standard InChI is InChI=1S/C18H22N2O5S/c1-26(22,23)19-9-13-6-7-18(24-10-13)11-20(12-18)17(21)16-8-14-4-2-3-5-15(14)25-16/h2-5,8,13,19H,6-7,9-12H2,1H3/t13-/m0/s1. The first-order chi connectivity index (χ1) is 12.3. The summed E-state index contributed by atoms with van der Waals surface area (Å²) in [6, 6.07) is 9.33. The molecule has 1 spiro atoms. The third kappa shape index (κ3) is 3.49. The van der Waals surface area contributed by atoms with Gasteiger partial charge in [-0.05, 0) is 30.9 Å². The number of amides is 1. The number of fused-ring (bicyclic) bond motifs is 1. The Labute approximate surface area is 152 Å². The van der Waals surface area contributed by atoms with Crippen molar-refractivity contribution >= 4 is 26.9 Å². The lowest BCUT2D eigenvalue weighted by molar-refractivity contribution is -0.166. The van der Waals surface area contributed by atoms with Crippen LogP contribution in [-0.2, 0) is 14.8 Å². The van der Waals surface area contributed by atoms with E-state index in [0.717, 1.165) is 24.5 Å². The molecule has 1 atom stereocenters. The number of nitrogens with one attached hydrogen (secondary N) is 1. The van der Waals surface area contributed by atoms with Crippen LogP contribution in [0.4, 0.5) is 0 Å². The number of carbonyl (C=O) groups excluding carboxylic acids is 1. The van der Waals surface area contributed by atoms with Gasteiger partial charge in [0.1, 0.15) is 11.2 Å². The minimum absolute atomic E-state index is 0.115. The van der Waals surface area contributed by atoms with E-state index in [9.17, 15) is 13.2 Å². The molecule has 2 saturated heterocycles. The molecule has 2 aromatic rings. The van der Waals surface area contributed by atoms with Gasteiger partial charge in [-0.2, -0.15) is 0 Å². The normalized spacial score (nSPS) is 22.5. The van der Waals surface area contributed by atoms with Gasteiger partial charge < -0.3 is 14.1 Å². The van der Waals surface area contributed by atoms with Crippen LogP contribution in [0.5, 0.6) is 0 Å². The van der Waals surface area contributed by atoms with E-state index < -0.39 is 10.0 Å². The van der Waals surface area contributed by atoms with Crippen molar-refractivity contribution in [2.45, 2.75) is 18.4 Å². The summed E-state index contributed by atoms with van der Waals surface area (Å²) in [4.78, 5) is 14.3. The van der Waals surface area contributed by atoms with Crippen LogP contribution >= 0.6 is 0 Å². The van der Waals surface area contributed by atoms with Gasteiger partial charge in [-0.3, -0.25) is 4.79 Å². The summed E-state index contributed by atoms with van der Waals surface area (Å²) < 4.78 is 36.5. The van der Waals surface area contributed by atoms with E-state index >= 15 is 0 Å². The molecular weight excluding hydrogens is 356 g/mol. The van der Waals surface area contributed by atoms with Crippen molar-refractivity contribution < 1.29 is 22.4 Å². The predicted octanol–water partition coefficient (Wildman–Crippen LogP) is 1.60. The Balaban J connectivity index is 1.32. The van der Waals surface area contributed by atoms with Crippen molar-refractivity contribution in [1.29, 1.82) is 0 Å². The van der Waals surface area contributed by atoms with Gasteiger partial charge in [-0.15, -0.1) is 0 Å². The van der Waals surface area contributed by atoms with E-state index in [0.29, 0.717) is 37.6 Å². The quantitative estimate of drug-likeness (QED) is 0.873. The van der Waals surface area contributed by atoms with Crippen LogP contribution in [-0.4, -0.2) is 57.3 Å². The number of nitrogens with zero attached hydrogens (tertiary/aromatic N) is 1. The highest BCUT2D eigenvalue weighted by Gasteiger charge is 2.49. The second kappa shape index (κ2) is 6.37. The Kier molecular flexibility index (Phi) is 4.29. The Hall–Kier alpha value is -1.90. The number of likely N-dealkylation sites (tertiary alicyclic amines) is 1. The number of ether oxygens (including phenoxy) is 1. The number of hydrogen-bond acceptors (Lipinski definition) is 5. The molecule has 0 aliphatic carbocycles. The van der Waals surface area contributed by atoms with Gasteiger partial charge in [0.15, 0.2) is 5.76 Å². The molecule has 2 aliphatic heterocycles. The van der Waals surface area contributed by atoms with Crippen molar-refractivity contribution in [2.75, 3.05) is 32.5 Å². The van der Waals surface area contributed by atoms with Gasteiger partial charge in [-0.25, -0.2) is 13.1 Å². The molecule has 4 rings (SSSR count). The van der Waals surface area contributed by atoms with Crippen LogP contribution in [0.25, 0.3) is 11.0 Å². The Morgan fingerprint density at radius 1 is 1.35 bits per heavy atom. The van der Waals surface area contributed by atoms with Gasteiger partial charge >= 0.3 is 0 Å². The largest absolute Gasteiger partial charge is 0.451 e. The molecule has 3 heterocycles. The number of furan rings is 1. The summed E-state index contributed by atoms with van der Waals surface area (Å²) in [6.07, 6.45) is 2.87. The lowest BCUT2D eigenvalue weighted by Gasteiger charge is -2.52. The van der Waals surface area contributed by atoms with Gasteiger partial charge in [0, 0.05) is 11.9 Å². The molecule has 1 amide bonds. The van der Waals surface area contributed by atoms with Crippen LogP contribution < -0.4 is 4.72 Å². The molecule has 0 bridgehead atoms. The van der Waals surface area contributed by atoms with Crippen LogP contribution in [0.15, 0.2) is 34.7 Å². The predicted molar refractivity (Wildman–Crippen MR) is 96.4 cm³/mol. The third-order valence-electron chi connectivity index (χ3n) is 5.15. The van der Waals surface area contributed by atoms with Gasteiger partial charge in [-0.1, -0.05) is 18.2 Å². The topological polar surface area (TPSA) is 88.9 Å². The zero-order valence-electron chi connectivity index (χ0n) is 14.6. The molecule has 1 N–H and O–H groups in total. The number of para-hydroxylation sites is 1. The van der Waals surface area contributed by atoms with E-state index in [-0.39, 0.29) is 17.4 Å². The zero-order valence-corrected chi connectivity index (χ0v) is 15.4. The Morgan fingerprint density at radius 3 is 2.77 bits per heavy atom. The SMILES string of the molecule is CS(=O)(=O)NC[C@@H]1CCC2(CN(C(=O)c3cc4ccccc4o3)C2)OC1. The monoisotopic (exact) mass is 378 g/mol. The summed E-state index contributed by atoms with van der Waals surface area (Å²) in [5, 5.41) is 0.918. The zero-order chi connectivity index (χ0) is 18.4. The Morgan fingerprint density at radius 2 is 2.12 bits per heavy atom.